The van der Waals surface area contributed by atoms with Gasteiger partial charge < -0.3 is 10.2 Å². The van der Waals surface area contributed by atoms with E-state index in [1.807, 2.05) is 29.3 Å². The molecule has 0 unspecified atom stereocenters. The van der Waals surface area contributed by atoms with Gasteiger partial charge in [-0.3, -0.25) is 14.3 Å². The normalized spacial score (nSPS) is 17.0. The van der Waals surface area contributed by atoms with Crippen molar-refractivity contribution >= 4 is 17.5 Å². The number of carbonyl (C=O) groups is 2. The Morgan fingerprint density at radius 1 is 1.15 bits per heavy atom. The average molecular weight is 366 g/mol. The Morgan fingerprint density at radius 2 is 1.96 bits per heavy atom. The van der Waals surface area contributed by atoms with Gasteiger partial charge in [-0.1, -0.05) is 0 Å². The van der Waals surface area contributed by atoms with Crippen LogP contribution in [-0.4, -0.2) is 33.0 Å². The third-order valence-electron chi connectivity index (χ3n) is 5.33. The van der Waals surface area contributed by atoms with Gasteiger partial charge in [0, 0.05) is 48.4 Å². The fourth-order valence-corrected chi connectivity index (χ4v) is 3.97. The topological polar surface area (TPSA) is 67.2 Å². The highest BCUT2D eigenvalue weighted by Gasteiger charge is 2.28. The van der Waals surface area contributed by atoms with Gasteiger partial charge in [0.2, 0.25) is 5.91 Å². The lowest BCUT2D eigenvalue weighted by atomic mass is 10.0. The molecule has 1 N–H and O–H groups in total. The minimum absolute atomic E-state index is 0.0440. The summed E-state index contributed by atoms with van der Waals surface area (Å²) in [5.41, 5.74) is 4.88. The van der Waals surface area contributed by atoms with Crippen LogP contribution in [0, 0.1) is 0 Å². The van der Waals surface area contributed by atoms with Gasteiger partial charge in [-0.15, -0.1) is 0 Å². The molecule has 0 atom stereocenters. The lowest BCUT2D eigenvalue weighted by Crippen LogP contribution is -2.37. The van der Waals surface area contributed by atoms with Crippen LogP contribution in [-0.2, 0) is 29.7 Å². The van der Waals surface area contributed by atoms with Crippen molar-refractivity contribution in [3.63, 3.8) is 0 Å². The van der Waals surface area contributed by atoms with Crippen molar-refractivity contribution in [1.82, 2.24) is 14.7 Å². The summed E-state index contributed by atoms with van der Waals surface area (Å²) in [4.78, 5) is 26.7. The molecular weight excluding hydrogens is 340 g/mol. The molecule has 0 saturated carbocycles. The third kappa shape index (κ3) is 3.36. The van der Waals surface area contributed by atoms with E-state index in [-0.39, 0.29) is 17.4 Å². The van der Waals surface area contributed by atoms with Crippen LogP contribution in [0.15, 0.2) is 24.4 Å². The zero-order valence-corrected chi connectivity index (χ0v) is 16.2. The van der Waals surface area contributed by atoms with Crippen molar-refractivity contribution in [2.24, 2.45) is 0 Å². The molecule has 1 aromatic carbocycles. The average Bonchev–Trinajstić information content (AvgIpc) is 2.96. The molecule has 0 radical (unpaired) electrons. The van der Waals surface area contributed by atoms with Gasteiger partial charge in [-0.25, -0.2) is 0 Å². The maximum Gasteiger partial charge on any atom is 0.254 e. The zero-order chi connectivity index (χ0) is 19.2. The van der Waals surface area contributed by atoms with E-state index in [1.54, 1.807) is 0 Å². The highest BCUT2D eigenvalue weighted by atomic mass is 16.2. The van der Waals surface area contributed by atoms with Crippen molar-refractivity contribution in [2.45, 2.75) is 58.5 Å². The third-order valence-corrected chi connectivity index (χ3v) is 5.33. The van der Waals surface area contributed by atoms with E-state index in [0.717, 1.165) is 36.1 Å². The van der Waals surface area contributed by atoms with Crippen LogP contribution < -0.4 is 5.32 Å². The summed E-state index contributed by atoms with van der Waals surface area (Å²) < 4.78 is 2.08. The number of amides is 2. The Kier molecular flexibility index (Phi) is 4.29. The van der Waals surface area contributed by atoms with Gasteiger partial charge in [-0.2, -0.15) is 5.10 Å². The molecular formula is C21H26N4O2. The van der Waals surface area contributed by atoms with Crippen molar-refractivity contribution in [1.29, 1.82) is 0 Å². The number of anilines is 1. The molecule has 2 aromatic rings. The maximum atomic E-state index is 13.1. The number of fused-ring (bicyclic) bond motifs is 2. The summed E-state index contributed by atoms with van der Waals surface area (Å²) >= 11 is 0. The second kappa shape index (κ2) is 6.51. The number of nitrogens with one attached hydrogen (secondary N) is 1. The zero-order valence-electron chi connectivity index (χ0n) is 16.2. The molecule has 0 fully saturated rings. The molecule has 2 aliphatic heterocycles. The van der Waals surface area contributed by atoms with Crippen LogP contribution in [0.3, 0.4) is 0 Å². The Morgan fingerprint density at radius 3 is 2.74 bits per heavy atom. The first-order valence-corrected chi connectivity index (χ1v) is 9.61. The lowest BCUT2D eigenvalue weighted by molar-refractivity contribution is -0.116. The second-order valence-electron chi connectivity index (χ2n) is 8.45. The number of aromatic nitrogens is 2. The van der Waals surface area contributed by atoms with Crippen LogP contribution in [0.25, 0.3) is 0 Å². The van der Waals surface area contributed by atoms with Gasteiger partial charge in [0.05, 0.1) is 11.7 Å². The molecule has 4 rings (SSSR count). The van der Waals surface area contributed by atoms with Crippen molar-refractivity contribution in [3.05, 3.63) is 46.8 Å². The maximum absolute atomic E-state index is 13.1. The summed E-state index contributed by atoms with van der Waals surface area (Å²) in [6.07, 6.45) is 4.88. The molecule has 6 heteroatoms. The first-order valence-electron chi connectivity index (χ1n) is 9.61. The van der Waals surface area contributed by atoms with Crippen molar-refractivity contribution in [2.75, 3.05) is 11.9 Å². The van der Waals surface area contributed by atoms with Crippen LogP contribution in [0.1, 0.15) is 60.8 Å². The number of hydrogen-bond acceptors (Lipinski definition) is 3. The Labute approximate surface area is 159 Å². The van der Waals surface area contributed by atoms with E-state index in [9.17, 15) is 9.59 Å². The molecule has 0 spiro atoms. The number of carbonyl (C=O) groups excluding carboxylic acids is 2. The molecule has 2 amide bonds. The fourth-order valence-electron chi connectivity index (χ4n) is 3.97. The summed E-state index contributed by atoms with van der Waals surface area (Å²) in [6.45, 7) is 7.73. The van der Waals surface area contributed by atoms with E-state index in [2.05, 4.69) is 35.9 Å². The smallest absolute Gasteiger partial charge is 0.254 e. The predicted molar refractivity (Wildman–Crippen MR) is 104 cm³/mol. The summed E-state index contributed by atoms with van der Waals surface area (Å²) in [5, 5.41) is 7.47. The summed E-state index contributed by atoms with van der Waals surface area (Å²) in [7, 11) is 0. The Bertz CT molecular complexity index is 907. The Balaban J connectivity index is 1.55. The fraction of sp³-hybridized carbons (Fsp3) is 0.476. The summed E-state index contributed by atoms with van der Waals surface area (Å²) in [5.74, 6) is 0.0924. The summed E-state index contributed by atoms with van der Waals surface area (Å²) in [6, 6.07) is 5.62. The highest BCUT2D eigenvalue weighted by Crippen LogP contribution is 2.27. The first-order chi connectivity index (χ1) is 12.8. The van der Waals surface area contributed by atoms with E-state index < -0.39 is 0 Å². The molecule has 142 valence electrons. The molecule has 6 nitrogen and oxygen atoms in total. The number of rotatable bonds is 1. The SMILES string of the molecule is CC(C)(C)n1ncc2c1CCN(C(=O)c1ccc3c(c1)CCCC(=O)N3)C2. The molecule has 0 bridgehead atoms. The van der Waals surface area contributed by atoms with Gasteiger partial charge in [0.25, 0.3) is 5.91 Å². The lowest BCUT2D eigenvalue weighted by Gasteiger charge is -2.30. The predicted octanol–water partition coefficient (Wildman–Crippen LogP) is 3.11. The van der Waals surface area contributed by atoms with Crippen molar-refractivity contribution < 1.29 is 9.59 Å². The second-order valence-corrected chi connectivity index (χ2v) is 8.45. The first kappa shape index (κ1) is 17.8. The molecule has 1 aromatic heterocycles. The Hall–Kier alpha value is -2.63. The number of aryl methyl sites for hydroxylation is 1. The van der Waals surface area contributed by atoms with Crippen LogP contribution in [0.2, 0.25) is 0 Å². The van der Waals surface area contributed by atoms with Gasteiger partial charge in [-0.05, 0) is 57.4 Å². The van der Waals surface area contributed by atoms with E-state index in [4.69, 9.17) is 0 Å². The minimum Gasteiger partial charge on any atom is -0.334 e. The number of nitrogens with zero attached hydrogens (tertiary/aromatic N) is 3. The monoisotopic (exact) mass is 366 g/mol. The molecule has 0 saturated heterocycles. The van der Waals surface area contributed by atoms with E-state index in [1.165, 1.54) is 5.69 Å². The quantitative estimate of drug-likeness (QED) is 0.843. The number of benzene rings is 1. The van der Waals surface area contributed by atoms with Gasteiger partial charge in [0.1, 0.15) is 0 Å². The highest BCUT2D eigenvalue weighted by molar-refractivity contribution is 5.97. The molecule has 27 heavy (non-hydrogen) atoms. The van der Waals surface area contributed by atoms with Crippen LogP contribution in [0.4, 0.5) is 5.69 Å². The van der Waals surface area contributed by atoms with Gasteiger partial charge >= 0.3 is 0 Å². The molecule has 2 aliphatic rings. The van der Waals surface area contributed by atoms with E-state index in [0.29, 0.717) is 25.1 Å². The van der Waals surface area contributed by atoms with Gasteiger partial charge in [0.15, 0.2) is 0 Å². The largest absolute Gasteiger partial charge is 0.334 e. The van der Waals surface area contributed by atoms with E-state index >= 15 is 0 Å². The molecule has 3 heterocycles. The number of hydrogen-bond donors (Lipinski definition) is 1. The van der Waals surface area contributed by atoms with Crippen LogP contribution in [0.5, 0.6) is 0 Å². The minimum atomic E-state index is -0.0544. The molecule has 0 aliphatic carbocycles. The van der Waals surface area contributed by atoms with Crippen molar-refractivity contribution in [3.8, 4) is 0 Å². The van der Waals surface area contributed by atoms with Crippen LogP contribution >= 0.6 is 0 Å². The standard InChI is InChI=1S/C21H26N4O2/c1-21(2,3)25-18-9-10-24(13-16(18)12-22-25)20(27)15-7-8-17-14(11-15)5-4-6-19(26)23-17/h7-8,11-12H,4-6,9-10,13H2,1-3H3,(H,23,26).